The Morgan fingerprint density at radius 2 is 1.76 bits per heavy atom. The first-order chi connectivity index (χ1) is 12.2. The van der Waals surface area contributed by atoms with E-state index in [9.17, 15) is 4.39 Å². The lowest BCUT2D eigenvalue weighted by atomic mass is 10.2. The van der Waals surface area contributed by atoms with E-state index < -0.39 is 0 Å². The molecule has 2 aromatic heterocycles. The summed E-state index contributed by atoms with van der Waals surface area (Å²) in [5.74, 6) is 0.606. The number of anilines is 2. The van der Waals surface area contributed by atoms with Crippen molar-refractivity contribution in [3.05, 3.63) is 84.1 Å². The van der Waals surface area contributed by atoms with Crippen LogP contribution in [0.15, 0.2) is 67.0 Å². The summed E-state index contributed by atoms with van der Waals surface area (Å²) in [6, 6.07) is 17.8. The van der Waals surface area contributed by atoms with Gasteiger partial charge >= 0.3 is 0 Å². The number of pyridine rings is 2. The maximum Gasteiger partial charge on any atom is 0.167 e. The molecule has 3 aromatic rings. The van der Waals surface area contributed by atoms with E-state index in [1.54, 1.807) is 25.4 Å². The number of nitrogens with zero attached hydrogens (tertiary/aromatic N) is 3. The molecule has 0 aliphatic carbocycles. The molecule has 0 radical (unpaired) electrons. The molecule has 0 amide bonds. The minimum Gasteiger partial charge on any atom is -0.381 e. The van der Waals surface area contributed by atoms with Crippen LogP contribution < -0.4 is 10.2 Å². The van der Waals surface area contributed by atoms with Gasteiger partial charge in [-0.05, 0) is 30.7 Å². The summed E-state index contributed by atoms with van der Waals surface area (Å²) < 4.78 is 14.0. The molecule has 5 heteroatoms. The Balaban J connectivity index is 1.68. The minimum atomic E-state index is -0.296. The van der Waals surface area contributed by atoms with E-state index in [0.717, 1.165) is 12.4 Å². The van der Waals surface area contributed by atoms with Crippen LogP contribution in [-0.4, -0.2) is 23.1 Å². The Hall–Kier alpha value is -2.95. The highest BCUT2D eigenvalue weighted by molar-refractivity contribution is 5.46. The van der Waals surface area contributed by atoms with E-state index >= 15 is 0 Å². The number of rotatable bonds is 7. The second-order valence-electron chi connectivity index (χ2n) is 5.78. The van der Waals surface area contributed by atoms with Crippen molar-refractivity contribution in [2.45, 2.75) is 13.5 Å². The number of aromatic nitrogens is 2. The normalized spacial score (nSPS) is 10.5. The van der Waals surface area contributed by atoms with Crippen LogP contribution in [0.5, 0.6) is 0 Å². The second kappa shape index (κ2) is 8.24. The van der Waals surface area contributed by atoms with Crippen molar-refractivity contribution in [2.75, 3.05) is 23.3 Å². The smallest absolute Gasteiger partial charge is 0.167 e. The molecule has 0 aliphatic rings. The molecular weight excluding hydrogens is 315 g/mol. The van der Waals surface area contributed by atoms with Gasteiger partial charge in [0.25, 0.3) is 0 Å². The third-order valence-electron chi connectivity index (χ3n) is 3.95. The monoisotopic (exact) mass is 336 g/mol. The number of halogens is 1. The zero-order chi connectivity index (χ0) is 17.5. The molecule has 0 unspecified atom stereocenters. The Labute approximate surface area is 147 Å². The first-order valence-electron chi connectivity index (χ1n) is 8.29. The Kier molecular flexibility index (Phi) is 5.57. The third kappa shape index (κ3) is 4.53. The molecule has 0 atom stereocenters. The Bertz CT molecular complexity index is 793. The van der Waals surface area contributed by atoms with Crippen LogP contribution in [0.25, 0.3) is 0 Å². The predicted molar refractivity (Wildman–Crippen MR) is 99.2 cm³/mol. The average molecular weight is 336 g/mol. The standard InChI is InChI=1S/C20H21FN4/c1-16-20(21)18(10-12-22-16)23-13-14-25(19-9-5-6-11-24-19)15-17-7-3-2-4-8-17/h2-12H,13-15H2,1H3,(H,22,23). The fourth-order valence-electron chi connectivity index (χ4n) is 2.63. The fourth-order valence-corrected chi connectivity index (χ4v) is 2.63. The van der Waals surface area contributed by atoms with Crippen LogP contribution in [0, 0.1) is 12.7 Å². The van der Waals surface area contributed by atoms with Crippen LogP contribution >= 0.6 is 0 Å². The highest BCUT2D eigenvalue weighted by Gasteiger charge is 2.10. The molecule has 128 valence electrons. The number of benzene rings is 1. The molecule has 1 aromatic carbocycles. The summed E-state index contributed by atoms with van der Waals surface area (Å²) in [6.07, 6.45) is 3.40. The van der Waals surface area contributed by atoms with Gasteiger partial charge in [-0.2, -0.15) is 0 Å². The van der Waals surface area contributed by atoms with E-state index in [-0.39, 0.29) is 5.82 Å². The summed E-state index contributed by atoms with van der Waals surface area (Å²) in [4.78, 5) is 10.6. The van der Waals surface area contributed by atoms with Crippen LogP contribution in [0.2, 0.25) is 0 Å². The minimum absolute atomic E-state index is 0.296. The van der Waals surface area contributed by atoms with Gasteiger partial charge in [-0.15, -0.1) is 0 Å². The highest BCUT2D eigenvalue weighted by atomic mass is 19.1. The summed E-state index contributed by atoms with van der Waals surface area (Å²) >= 11 is 0. The SMILES string of the molecule is Cc1nccc(NCCN(Cc2ccccc2)c2ccccn2)c1F. The van der Waals surface area contributed by atoms with Gasteiger partial charge in [0, 0.05) is 32.0 Å². The number of hydrogen-bond donors (Lipinski definition) is 1. The van der Waals surface area contributed by atoms with Crippen molar-refractivity contribution in [2.24, 2.45) is 0 Å². The first kappa shape index (κ1) is 16.9. The van der Waals surface area contributed by atoms with Crippen LogP contribution in [0.3, 0.4) is 0 Å². The molecule has 25 heavy (non-hydrogen) atoms. The molecule has 0 aliphatic heterocycles. The molecule has 0 bridgehead atoms. The summed E-state index contributed by atoms with van der Waals surface area (Å²) in [5, 5.41) is 3.16. The van der Waals surface area contributed by atoms with Gasteiger partial charge in [0.2, 0.25) is 0 Å². The molecule has 2 heterocycles. The molecule has 1 N–H and O–H groups in total. The topological polar surface area (TPSA) is 41.1 Å². The largest absolute Gasteiger partial charge is 0.381 e. The van der Waals surface area contributed by atoms with Crippen molar-refractivity contribution in [3.63, 3.8) is 0 Å². The zero-order valence-corrected chi connectivity index (χ0v) is 14.2. The summed E-state index contributed by atoms with van der Waals surface area (Å²) in [5.41, 5.74) is 2.09. The highest BCUT2D eigenvalue weighted by Crippen LogP contribution is 2.16. The molecule has 0 saturated heterocycles. The van der Waals surface area contributed by atoms with Crippen LogP contribution in [0.4, 0.5) is 15.9 Å². The Morgan fingerprint density at radius 3 is 2.52 bits per heavy atom. The summed E-state index contributed by atoms with van der Waals surface area (Å²) in [7, 11) is 0. The van der Waals surface area contributed by atoms with Gasteiger partial charge in [0.15, 0.2) is 5.82 Å². The van der Waals surface area contributed by atoms with E-state index in [1.807, 2.05) is 36.4 Å². The van der Waals surface area contributed by atoms with Crippen molar-refractivity contribution < 1.29 is 4.39 Å². The predicted octanol–water partition coefficient (Wildman–Crippen LogP) is 4.04. The van der Waals surface area contributed by atoms with E-state index in [2.05, 4.69) is 32.3 Å². The van der Waals surface area contributed by atoms with Crippen LogP contribution in [0.1, 0.15) is 11.3 Å². The van der Waals surface area contributed by atoms with Gasteiger partial charge in [-0.3, -0.25) is 4.98 Å². The van der Waals surface area contributed by atoms with Gasteiger partial charge in [0.1, 0.15) is 5.82 Å². The molecule has 3 rings (SSSR count). The third-order valence-corrected chi connectivity index (χ3v) is 3.95. The van der Waals surface area contributed by atoms with E-state index in [0.29, 0.717) is 24.5 Å². The van der Waals surface area contributed by atoms with Crippen molar-refractivity contribution in [3.8, 4) is 0 Å². The zero-order valence-electron chi connectivity index (χ0n) is 14.2. The van der Waals surface area contributed by atoms with Crippen LogP contribution in [-0.2, 0) is 6.54 Å². The number of aryl methyl sites for hydroxylation is 1. The quantitative estimate of drug-likeness (QED) is 0.707. The maximum absolute atomic E-state index is 14.0. The lowest BCUT2D eigenvalue weighted by Gasteiger charge is -2.24. The van der Waals surface area contributed by atoms with Crippen molar-refractivity contribution in [1.29, 1.82) is 0 Å². The average Bonchev–Trinajstić information content (AvgIpc) is 2.66. The van der Waals surface area contributed by atoms with Gasteiger partial charge < -0.3 is 10.2 Å². The number of hydrogen-bond acceptors (Lipinski definition) is 4. The van der Waals surface area contributed by atoms with Crippen molar-refractivity contribution in [1.82, 2.24) is 9.97 Å². The molecular formula is C20H21FN4. The van der Waals surface area contributed by atoms with E-state index in [4.69, 9.17) is 0 Å². The van der Waals surface area contributed by atoms with E-state index in [1.165, 1.54) is 5.56 Å². The molecule has 4 nitrogen and oxygen atoms in total. The van der Waals surface area contributed by atoms with Gasteiger partial charge in [-0.1, -0.05) is 36.4 Å². The lowest BCUT2D eigenvalue weighted by molar-refractivity contribution is 0.612. The molecule has 0 fully saturated rings. The maximum atomic E-state index is 14.0. The molecule has 0 saturated carbocycles. The first-order valence-corrected chi connectivity index (χ1v) is 8.29. The Morgan fingerprint density at radius 1 is 0.960 bits per heavy atom. The number of nitrogens with one attached hydrogen (secondary N) is 1. The lowest BCUT2D eigenvalue weighted by Crippen LogP contribution is -2.29. The second-order valence-corrected chi connectivity index (χ2v) is 5.78. The van der Waals surface area contributed by atoms with Gasteiger partial charge in [0.05, 0.1) is 11.4 Å². The molecule has 0 spiro atoms. The van der Waals surface area contributed by atoms with Gasteiger partial charge in [-0.25, -0.2) is 9.37 Å². The summed E-state index contributed by atoms with van der Waals surface area (Å²) in [6.45, 7) is 3.71. The fraction of sp³-hybridized carbons (Fsp3) is 0.200. The van der Waals surface area contributed by atoms with Crippen molar-refractivity contribution >= 4 is 11.5 Å².